The van der Waals surface area contributed by atoms with Gasteiger partial charge in [-0.1, -0.05) is 18.2 Å². The third-order valence-electron chi connectivity index (χ3n) is 6.50. The number of non-ortho nitro benzene ring substituents is 1. The number of carbonyl (C=O) groups excluding carboxylic acids is 1. The number of nitro benzene ring substituents is 1. The molecule has 1 saturated heterocycles. The van der Waals surface area contributed by atoms with Gasteiger partial charge < -0.3 is 14.5 Å². The largest absolute Gasteiger partial charge is 0.497 e. The Morgan fingerprint density at radius 3 is 2.08 bits per heavy atom. The maximum atomic E-state index is 13.7. The molecule has 0 aliphatic carbocycles. The average molecular weight is 485 g/mol. The van der Waals surface area contributed by atoms with E-state index >= 15 is 0 Å². The lowest BCUT2D eigenvalue weighted by molar-refractivity contribution is -0.384. The van der Waals surface area contributed by atoms with Gasteiger partial charge in [-0.3, -0.25) is 24.3 Å². The van der Waals surface area contributed by atoms with Gasteiger partial charge in [0.1, 0.15) is 5.75 Å². The molecule has 0 spiro atoms. The van der Waals surface area contributed by atoms with Gasteiger partial charge in [0.25, 0.3) is 17.2 Å². The van der Waals surface area contributed by atoms with Crippen LogP contribution in [0.5, 0.6) is 5.75 Å². The summed E-state index contributed by atoms with van der Waals surface area (Å²) in [6.45, 7) is 2.18. The normalized spacial score (nSPS) is 13.6. The molecule has 1 fully saturated rings. The van der Waals surface area contributed by atoms with Gasteiger partial charge >= 0.3 is 0 Å². The van der Waals surface area contributed by atoms with Gasteiger partial charge in [0.05, 0.1) is 17.6 Å². The molecule has 5 rings (SSSR count). The van der Waals surface area contributed by atoms with Gasteiger partial charge in [-0.2, -0.15) is 0 Å². The zero-order valence-electron chi connectivity index (χ0n) is 19.7. The van der Waals surface area contributed by atoms with Crippen molar-refractivity contribution in [2.45, 2.75) is 0 Å². The number of hydrogen-bond acceptors (Lipinski definition) is 6. The highest BCUT2D eigenvalue weighted by atomic mass is 16.6. The predicted molar refractivity (Wildman–Crippen MR) is 137 cm³/mol. The second-order valence-corrected chi connectivity index (χ2v) is 8.51. The molecular formula is C27H24N4O5. The number of nitrogens with zero attached hydrogens (tertiary/aromatic N) is 4. The van der Waals surface area contributed by atoms with Crippen molar-refractivity contribution in [3.63, 3.8) is 0 Å². The Bertz CT molecular complexity index is 1490. The molecule has 0 atom stereocenters. The van der Waals surface area contributed by atoms with Crippen molar-refractivity contribution in [1.82, 2.24) is 9.47 Å². The van der Waals surface area contributed by atoms with Crippen molar-refractivity contribution in [2.24, 2.45) is 0 Å². The number of piperazine rings is 1. The number of amides is 1. The highest BCUT2D eigenvalue weighted by Gasteiger charge is 2.25. The van der Waals surface area contributed by atoms with Crippen LogP contribution in [0.2, 0.25) is 0 Å². The molecule has 0 saturated carbocycles. The number of hydrogen-bond donors (Lipinski definition) is 0. The Labute approximate surface area is 206 Å². The van der Waals surface area contributed by atoms with E-state index in [-0.39, 0.29) is 17.2 Å². The van der Waals surface area contributed by atoms with Gasteiger partial charge in [0.15, 0.2) is 0 Å². The monoisotopic (exact) mass is 484 g/mol. The summed E-state index contributed by atoms with van der Waals surface area (Å²) in [6.07, 6.45) is 1.62. The van der Waals surface area contributed by atoms with Crippen LogP contribution >= 0.6 is 0 Å². The molecule has 0 N–H and O–H groups in total. The van der Waals surface area contributed by atoms with Gasteiger partial charge in [-0.15, -0.1) is 0 Å². The molecule has 9 nitrogen and oxygen atoms in total. The van der Waals surface area contributed by atoms with Crippen LogP contribution in [-0.2, 0) is 0 Å². The third-order valence-corrected chi connectivity index (χ3v) is 6.50. The minimum atomic E-state index is -0.421. The highest BCUT2D eigenvalue weighted by Crippen LogP contribution is 2.24. The number of rotatable bonds is 5. The molecule has 1 amide bonds. The van der Waals surface area contributed by atoms with Crippen LogP contribution in [0.3, 0.4) is 0 Å². The fourth-order valence-corrected chi connectivity index (χ4v) is 4.52. The Balaban J connectivity index is 1.43. The van der Waals surface area contributed by atoms with Gasteiger partial charge in [0.2, 0.25) is 0 Å². The number of carbonyl (C=O) groups is 1. The number of anilines is 1. The number of methoxy groups -OCH3 is 1. The van der Waals surface area contributed by atoms with Crippen LogP contribution < -0.4 is 15.2 Å². The van der Waals surface area contributed by atoms with E-state index in [0.717, 1.165) is 5.69 Å². The fourth-order valence-electron chi connectivity index (χ4n) is 4.52. The molecule has 3 aromatic carbocycles. The molecular weight excluding hydrogens is 460 g/mol. The Hall–Kier alpha value is -4.66. The first kappa shape index (κ1) is 23.1. The van der Waals surface area contributed by atoms with Crippen molar-refractivity contribution in [1.29, 1.82) is 0 Å². The summed E-state index contributed by atoms with van der Waals surface area (Å²) in [5.74, 6) is 0.534. The number of fused-ring (bicyclic) bond motifs is 1. The lowest BCUT2D eigenvalue weighted by Crippen LogP contribution is -2.49. The Morgan fingerprint density at radius 1 is 0.861 bits per heavy atom. The summed E-state index contributed by atoms with van der Waals surface area (Å²) in [7, 11) is 1.58. The summed E-state index contributed by atoms with van der Waals surface area (Å²) in [6, 6.07) is 20.7. The smallest absolute Gasteiger partial charge is 0.269 e. The molecule has 9 heteroatoms. The lowest BCUT2D eigenvalue weighted by atomic mass is 10.1. The summed E-state index contributed by atoms with van der Waals surface area (Å²) < 4.78 is 6.72. The summed E-state index contributed by atoms with van der Waals surface area (Å²) in [5.41, 5.74) is 1.83. The van der Waals surface area contributed by atoms with Gasteiger partial charge in [-0.25, -0.2) is 0 Å². The quantitative estimate of drug-likeness (QED) is 0.315. The van der Waals surface area contributed by atoms with Crippen LogP contribution in [0.4, 0.5) is 11.4 Å². The van der Waals surface area contributed by atoms with E-state index in [0.29, 0.717) is 54.0 Å². The molecule has 0 unspecified atom stereocenters. The van der Waals surface area contributed by atoms with Crippen molar-refractivity contribution in [3.05, 3.63) is 105 Å². The molecule has 0 radical (unpaired) electrons. The second-order valence-electron chi connectivity index (χ2n) is 8.51. The zero-order chi connectivity index (χ0) is 25.2. The van der Waals surface area contributed by atoms with Crippen LogP contribution in [0, 0.1) is 10.1 Å². The predicted octanol–water partition coefficient (Wildman–Crippen LogP) is 3.87. The summed E-state index contributed by atoms with van der Waals surface area (Å²) in [4.78, 5) is 41.3. The number of benzene rings is 3. The van der Waals surface area contributed by atoms with Crippen LogP contribution in [-0.4, -0.2) is 53.6 Å². The van der Waals surface area contributed by atoms with Crippen LogP contribution in [0.1, 0.15) is 10.4 Å². The van der Waals surface area contributed by atoms with E-state index < -0.39 is 4.92 Å². The van der Waals surface area contributed by atoms with Crippen molar-refractivity contribution in [3.8, 4) is 11.4 Å². The van der Waals surface area contributed by atoms with Gasteiger partial charge in [0, 0.05) is 66.7 Å². The van der Waals surface area contributed by atoms with E-state index in [1.165, 1.54) is 16.7 Å². The molecule has 1 aliphatic heterocycles. The molecule has 1 aromatic heterocycles. The molecule has 4 aromatic rings. The average Bonchev–Trinajstić information content (AvgIpc) is 2.93. The standard InChI is InChI=1S/C27H24N4O5/c1-36-22-12-10-20(11-13-22)30-18-25(23-4-2-3-5-24(23)27(30)33)26(32)29-16-14-28(15-17-29)19-6-8-21(9-7-19)31(34)35/h2-13,18H,14-17H2,1H3. The van der Waals surface area contributed by atoms with E-state index in [9.17, 15) is 19.7 Å². The highest BCUT2D eigenvalue weighted by molar-refractivity contribution is 6.06. The number of aromatic nitrogens is 1. The molecule has 182 valence electrons. The van der Waals surface area contributed by atoms with Gasteiger partial charge in [-0.05, 0) is 42.5 Å². The maximum Gasteiger partial charge on any atom is 0.269 e. The summed E-state index contributed by atoms with van der Waals surface area (Å²) in [5, 5.41) is 12.0. The number of ether oxygens (including phenoxy) is 1. The van der Waals surface area contributed by atoms with Crippen molar-refractivity contribution < 1.29 is 14.5 Å². The van der Waals surface area contributed by atoms with E-state index in [1.807, 2.05) is 6.07 Å². The third kappa shape index (κ3) is 4.26. The number of pyridine rings is 1. The van der Waals surface area contributed by atoms with E-state index in [2.05, 4.69) is 4.90 Å². The first-order valence-corrected chi connectivity index (χ1v) is 11.5. The van der Waals surface area contributed by atoms with Crippen molar-refractivity contribution >= 4 is 28.1 Å². The minimum Gasteiger partial charge on any atom is -0.497 e. The van der Waals surface area contributed by atoms with Crippen LogP contribution in [0.15, 0.2) is 83.8 Å². The Morgan fingerprint density at radius 2 is 1.47 bits per heavy atom. The van der Waals surface area contributed by atoms with E-state index in [4.69, 9.17) is 4.74 Å². The first-order valence-electron chi connectivity index (χ1n) is 11.5. The molecule has 2 heterocycles. The van der Waals surface area contributed by atoms with Crippen LogP contribution in [0.25, 0.3) is 16.5 Å². The molecule has 36 heavy (non-hydrogen) atoms. The minimum absolute atomic E-state index is 0.0476. The molecule has 0 bridgehead atoms. The Kier molecular flexibility index (Phi) is 6.12. The summed E-state index contributed by atoms with van der Waals surface area (Å²) >= 11 is 0. The maximum absolute atomic E-state index is 13.7. The first-order chi connectivity index (χ1) is 17.5. The fraction of sp³-hybridized carbons (Fsp3) is 0.185. The lowest BCUT2D eigenvalue weighted by Gasteiger charge is -2.36. The molecule has 1 aliphatic rings. The topological polar surface area (TPSA) is 97.9 Å². The SMILES string of the molecule is COc1ccc(-n2cc(C(=O)N3CCN(c4ccc([N+](=O)[O-])cc4)CC3)c3ccccc3c2=O)cc1. The van der Waals surface area contributed by atoms with Crippen molar-refractivity contribution in [2.75, 3.05) is 38.2 Å². The van der Waals surface area contributed by atoms with E-state index in [1.54, 1.807) is 72.8 Å². The zero-order valence-corrected chi connectivity index (χ0v) is 19.7. The number of nitro groups is 1. The second kappa shape index (κ2) is 9.53.